The lowest BCUT2D eigenvalue weighted by molar-refractivity contribution is 0.0857. The molecule has 28 heavy (non-hydrogen) atoms. The highest BCUT2D eigenvalue weighted by Gasteiger charge is 2.26. The molecule has 0 amide bonds. The second-order valence-corrected chi connectivity index (χ2v) is 8.94. The first-order chi connectivity index (χ1) is 13.1. The standard InChI is InChI=1S/C23H28ClN3O/c1-15-11-21(25-14-27(5)6)19(24)12-18(15)20-13-22(28-26-20)16-7-9-17(10-8-16)23(2,3)4/h7-12,14,22H,13H2,1-6H3. The fourth-order valence-corrected chi connectivity index (χ4v) is 3.38. The van der Waals surface area contributed by atoms with Crippen molar-refractivity contribution in [3.8, 4) is 0 Å². The van der Waals surface area contributed by atoms with Crippen LogP contribution in [0.4, 0.5) is 5.69 Å². The van der Waals surface area contributed by atoms with E-state index in [0.29, 0.717) is 5.02 Å². The van der Waals surface area contributed by atoms with Gasteiger partial charge in [-0.05, 0) is 41.2 Å². The van der Waals surface area contributed by atoms with Crippen molar-refractivity contribution in [3.63, 3.8) is 0 Å². The van der Waals surface area contributed by atoms with E-state index in [2.05, 4.69) is 55.2 Å². The molecule has 0 spiro atoms. The minimum Gasteiger partial charge on any atom is -0.387 e. The molecular formula is C23H28ClN3O. The van der Waals surface area contributed by atoms with Crippen LogP contribution in [0.15, 0.2) is 46.5 Å². The average Bonchev–Trinajstić information content (AvgIpc) is 3.11. The van der Waals surface area contributed by atoms with E-state index >= 15 is 0 Å². The van der Waals surface area contributed by atoms with Crippen LogP contribution in [0, 0.1) is 6.92 Å². The summed E-state index contributed by atoms with van der Waals surface area (Å²) in [5, 5.41) is 4.96. The Morgan fingerprint density at radius 3 is 2.46 bits per heavy atom. The molecule has 0 saturated heterocycles. The zero-order chi connectivity index (χ0) is 20.5. The van der Waals surface area contributed by atoms with Crippen molar-refractivity contribution in [1.82, 2.24) is 4.90 Å². The molecule has 0 aromatic heterocycles. The second-order valence-electron chi connectivity index (χ2n) is 8.53. The minimum absolute atomic E-state index is 0.0615. The molecule has 4 nitrogen and oxygen atoms in total. The fourth-order valence-electron chi connectivity index (χ4n) is 3.17. The van der Waals surface area contributed by atoms with Gasteiger partial charge in [-0.3, -0.25) is 0 Å². The summed E-state index contributed by atoms with van der Waals surface area (Å²) in [4.78, 5) is 12.0. The molecule has 0 saturated carbocycles. The molecule has 2 aromatic rings. The fraction of sp³-hybridized carbons (Fsp3) is 0.391. The Morgan fingerprint density at radius 2 is 1.86 bits per heavy atom. The third-order valence-corrected chi connectivity index (χ3v) is 5.15. The molecule has 1 unspecified atom stereocenters. The van der Waals surface area contributed by atoms with Crippen molar-refractivity contribution in [2.45, 2.75) is 45.6 Å². The van der Waals surface area contributed by atoms with E-state index in [-0.39, 0.29) is 11.5 Å². The van der Waals surface area contributed by atoms with Crippen LogP contribution in [0.3, 0.4) is 0 Å². The lowest BCUT2D eigenvalue weighted by Gasteiger charge is -2.19. The van der Waals surface area contributed by atoms with Gasteiger partial charge in [0, 0.05) is 26.1 Å². The molecule has 1 aliphatic rings. The van der Waals surface area contributed by atoms with Crippen LogP contribution in [0.2, 0.25) is 5.02 Å². The molecule has 0 bridgehead atoms. The number of hydrogen-bond acceptors (Lipinski definition) is 3. The molecule has 148 valence electrons. The number of aliphatic imine (C=N–C) groups is 1. The predicted octanol–water partition coefficient (Wildman–Crippen LogP) is 6.03. The summed E-state index contributed by atoms with van der Waals surface area (Å²) in [6.07, 6.45) is 2.41. The Morgan fingerprint density at radius 1 is 1.18 bits per heavy atom. The molecule has 0 N–H and O–H groups in total. The van der Waals surface area contributed by atoms with Crippen LogP contribution in [-0.2, 0) is 10.3 Å². The summed E-state index contributed by atoms with van der Waals surface area (Å²) < 4.78 is 0. The molecule has 0 fully saturated rings. The van der Waals surface area contributed by atoms with Gasteiger partial charge in [0.25, 0.3) is 0 Å². The summed E-state index contributed by atoms with van der Waals surface area (Å²) in [5.41, 5.74) is 6.37. The van der Waals surface area contributed by atoms with Crippen molar-refractivity contribution in [2.75, 3.05) is 14.1 Å². The quantitative estimate of drug-likeness (QED) is 0.466. The van der Waals surface area contributed by atoms with Gasteiger partial charge in [0.05, 0.1) is 22.8 Å². The molecule has 0 radical (unpaired) electrons. The highest BCUT2D eigenvalue weighted by molar-refractivity contribution is 6.33. The van der Waals surface area contributed by atoms with Crippen molar-refractivity contribution < 1.29 is 4.84 Å². The number of rotatable bonds is 4. The summed E-state index contributed by atoms with van der Waals surface area (Å²) in [7, 11) is 3.86. The Labute approximate surface area is 172 Å². The van der Waals surface area contributed by atoms with Crippen LogP contribution >= 0.6 is 11.6 Å². The highest BCUT2D eigenvalue weighted by atomic mass is 35.5. The maximum atomic E-state index is 6.45. The van der Waals surface area contributed by atoms with Crippen LogP contribution in [0.25, 0.3) is 0 Å². The van der Waals surface area contributed by atoms with Gasteiger partial charge in [-0.2, -0.15) is 0 Å². The van der Waals surface area contributed by atoms with Gasteiger partial charge in [0.1, 0.15) is 0 Å². The van der Waals surface area contributed by atoms with Crippen molar-refractivity contribution >= 4 is 29.3 Å². The monoisotopic (exact) mass is 397 g/mol. The van der Waals surface area contributed by atoms with Gasteiger partial charge in [0.15, 0.2) is 6.10 Å². The average molecular weight is 398 g/mol. The number of oxime groups is 1. The Kier molecular flexibility index (Phi) is 5.80. The van der Waals surface area contributed by atoms with E-state index in [1.165, 1.54) is 5.56 Å². The van der Waals surface area contributed by atoms with Crippen LogP contribution in [-0.4, -0.2) is 31.0 Å². The maximum absolute atomic E-state index is 6.45. The topological polar surface area (TPSA) is 37.2 Å². The van der Waals surface area contributed by atoms with E-state index in [4.69, 9.17) is 16.4 Å². The van der Waals surface area contributed by atoms with Crippen LogP contribution in [0.1, 0.15) is 55.5 Å². The number of aryl methyl sites for hydroxylation is 1. The van der Waals surface area contributed by atoms with E-state index in [0.717, 1.165) is 34.5 Å². The first kappa shape index (κ1) is 20.4. The summed E-state index contributed by atoms with van der Waals surface area (Å²) >= 11 is 6.45. The zero-order valence-corrected chi connectivity index (χ0v) is 18.2. The van der Waals surface area contributed by atoms with Gasteiger partial charge >= 0.3 is 0 Å². The largest absolute Gasteiger partial charge is 0.387 e. The molecule has 0 aliphatic carbocycles. The third kappa shape index (κ3) is 4.56. The van der Waals surface area contributed by atoms with Crippen LogP contribution in [0.5, 0.6) is 0 Å². The number of nitrogens with zero attached hydrogens (tertiary/aromatic N) is 3. The highest BCUT2D eigenvalue weighted by Crippen LogP contribution is 2.35. The first-order valence-corrected chi connectivity index (χ1v) is 9.87. The predicted molar refractivity (Wildman–Crippen MR) is 118 cm³/mol. The molecule has 1 aliphatic heterocycles. The smallest absolute Gasteiger partial charge is 0.158 e. The Hall–Kier alpha value is -2.33. The molecule has 2 aromatic carbocycles. The number of benzene rings is 2. The van der Waals surface area contributed by atoms with Crippen molar-refractivity contribution in [2.24, 2.45) is 10.1 Å². The maximum Gasteiger partial charge on any atom is 0.158 e. The number of halogens is 1. The zero-order valence-electron chi connectivity index (χ0n) is 17.5. The van der Waals surface area contributed by atoms with Crippen molar-refractivity contribution in [3.05, 3.63) is 63.7 Å². The van der Waals surface area contributed by atoms with E-state index in [9.17, 15) is 0 Å². The van der Waals surface area contributed by atoms with Gasteiger partial charge in [-0.1, -0.05) is 61.8 Å². The van der Waals surface area contributed by atoms with E-state index in [1.54, 1.807) is 6.34 Å². The molecule has 1 atom stereocenters. The Bertz CT molecular complexity index is 909. The first-order valence-electron chi connectivity index (χ1n) is 9.49. The van der Waals surface area contributed by atoms with Gasteiger partial charge < -0.3 is 9.74 Å². The molecular weight excluding hydrogens is 370 g/mol. The van der Waals surface area contributed by atoms with Gasteiger partial charge in [-0.15, -0.1) is 0 Å². The van der Waals surface area contributed by atoms with E-state index < -0.39 is 0 Å². The Balaban J connectivity index is 1.77. The molecule has 3 rings (SSSR count). The number of hydrogen-bond donors (Lipinski definition) is 0. The normalized spacial score (nSPS) is 17.0. The van der Waals surface area contributed by atoms with Gasteiger partial charge in [0.2, 0.25) is 0 Å². The van der Waals surface area contributed by atoms with Crippen LogP contribution < -0.4 is 0 Å². The summed E-state index contributed by atoms with van der Waals surface area (Å²) in [5.74, 6) is 0. The summed E-state index contributed by atoms with van der Waals surface area (Å²) in [6.45, 7) is 8.70. The lowest BCUT2D eigenvalue weighted by atomic mass is 9.86. The molecule has 5 heteroatoms. The van der Waals surface area contributed by atoms with Crippen molar-refractivity contribution in [1.29, 1.82) is 0 Å². The summed E-state index contributed by atoms with van der Waals surface area (Å²) in [6, 6.07) is 12.6. The third-order valence-electron chi connectivity index (χ3n) is 4.85. The second kappa shape index (κ2) is 7.96. The lowest BCUT2D eigenvalue weighted by Crippen LogP contribution is -2.11. The SMILES string of the molecule is Cc1cc(N=CN(C)C)c(Cl)cc1C1=NOC(c2ccc(C(C)(C)C)cc2)C1. The van der Waals surface area contributed by atoms with Gasteiger partial charge in [-0.25, -0.2) is 4.99 Å². The molecule has 1 heterocycles. The minimum atomic E-state index is -0.0615. The van der Waals surface area contributed by atoms with E-state index in [1.807, 2.05) is 38.1 Å².